The number of fused-ring (bicyclic) bond motifs is 3. The topological polar surface area (TPSA) is 83.0 Å². The molecule has 0 aliphatic carbocycles. The third-order valence-corrected chi connectivity index (χ3v) is 3.36. The number of imidazole rings is 1. The summed E-state index contributed by atoms with van der Waals surface area (Å²) in [6.07, 6.45) is 1.50. The number of nitrogens with two attached hydrogens (primary N) is 1. The first kappa shape index (κ1) is 11.0. The lowest BCUT2D eigenvalue weighted by atomic mass is 10.2. The van der Waals surface area contributed by atoms with Crippen LogP contribution in [0.2, 0.25) is 0 Å². The summed E-state index contributed by atoms with van der Waals surface area (Å²) in [6, 6.07) is 13.8. The number of aliphatic imine (C=N–C) groups is 1. The van der Waals surface area contributed by atoms with Crippen LogP contribution >= 0.6 is 0 Å². The van der Waals surface area contributed by atoms with Gasteiger partial charge in [-0.3, -0.25) is 4.98 Å². The second kappa shape index (κ2) is 4.06. The fourth-order valence-electron chi connectivity index (χ4n) is 2.51. The lowest BCUT2D eigenvalue weighted by Gasteiger charge is -2.17. The van der Waals surface area contributed by atoms with E-state index in [1.807, 2.05) is 42.5 Å². The average molecular weight is 265 g/mol. The van der Waals surface area contributed by atoms with Crippen molar-refractivity contribution >= 4 is 22.9 Å². The van der Waals surface area contributed by atoms with Gasteiger partial charge in [-0.25, -0.2) is 10.3 Å². The second-order valence-electron chi connectivity index (χ2n) is 4.63. The predicted molar refractivity (Wildman–Crippen MR) is 76.1 cm³/mol. The number of pyridine rings is 1. The molecular weight excluding hydrogens is 252 g/mol. The van der Waals surface area contributed by atoms with Crippen LogP contribution in [0, 0.1) is 0 Å². The molecule has 0 saturated carbocycles. The number of guanidine groups is 1. The van der Waals surface area contributed by atoms with Crippen LogP contribution in [0.1, 0.15) is 11.9 Å². The summed E-state index contributed by atoms with van der Waals surface area (Å²) in [5.74, 6) is 1.20. The quantitative estimate of drug-likeness (QED) is 0.577. The highest BCUT2D eigenvalue weighted by Gasteiger charge is 2.31. The van der Waals surface area contributed by atoms with Gasteiger partial charge in [0, 0.05) is 6.20 Å². The zero-order valence-corrected chi connectivity index (χ0v) is 10.6. The molecule has 1 aromatic carbocycles. The van der Waals surface area contributed by atoms with Gasteiger partial charge in [0.15, 0.2) is 0 Å². The van der Waals surface area contributed by atoms with Gasteiger partial charge in [-0.15, -0.1) is 0 Å². The number of rotatable bonds is 1. The molecule has 98 valence electrons. The number of hydrogen-bond donors (Lipinski definition) is 3. The van der Waals surface area contributed by atoms with E-state index in [-0.39, 0.29) is 6.17 Å². The molecule has 3 aromatic rings. The zero-order valence-electron chi connectivity index (χ0n) is 10.6. The van der Waals surface area contributed by atoms with Gasteiger partial charge >= 0.3 is 5.95 Å². The van der Waals surface area contributed by atoms with Gasteiger partial charge in [0.2, 0.25) is 6.17 Å². The Morgan fingerprint density at radius 3 is 2.80 bits per heavy atom. The van der Waals surface area contributed by atoms with Crippen molar-refractivity contribution in [3.63, 3.8) is 0 Å². The lowest BCUT2D eigenvalue weighted by molar-refractivity contribution is -0.675. The van der Waals surface area contributed by atoms with E-state index in [4.69, 9.17) is 5.73 Å². The number of aromatic amines is 1. The number of hydrogen-bond acceptors (Lipinski definition) is 4. The van der Waals surface area contributed by atoms with E-state index in [1.165, 1.54) is 0 Å². The molecule has 0 spiro atoms. The molecule has 0 amide bonds. The van der Waals surface area contributed by atoms with Gasteiger partial charge < -0.3 is 5.73 Å². The molecule has 6 nitrogen and oxygen atoms in total. The number of nitrogens with one attached hydrogen (secondary N) is 2. The van der Waals surface area contributed by atoms with Crippen molar-refractivity contribution in [3.8, 4) is 0 Å². The predicted octanol–water partition coefficient (Wildman–Crippen LogP) is 1.14. The van der Waals surface area contributed by atoms with E-state index >= 15 is 0 Å². The molecular formula is C14H13N6+. The van der Waals surface area contributed by atoms with Gasteiger partial charge in [0.05, 0.1) is 0 Å². The van der Waals surface area contributed by atoms with Crippen molar-refractivity contribution < 1.29 is 4.57 Å². The molecule has 3 heterocycles. The van der Waals surface area contributed by atoms with Gasteiger partial charge in [-0.2, -0.15) is 9.56 Å². The van der Waals surface area contributed by atoms with Crippen LogP contribution in [0.15, 0.2) is 53.7 Å². The number of benzene rings is 1. The number of anilines is 1. The Balaban J connectivity index is 1.98. The summed E-state index contributed by atoms with van der Waals surface area (Å²) in [7, 11) is 0. The lowest BCUT2D eigenvalue weighted by Crippen LogP contribution is -2.48. The molecule has 1 aliphatic rings. The SMILES string of the molecule is NC1=N[C@@H](c2ccccn2)[n+]2c([nH]c3ccccc32)N1. The van der Waals surface area contributed by atoms with Crippen LogP contribution in [0.5, 0.6) is 0 Å². The summed E-state index contributed by atoms with van der Waals surface area (Å²) < 4.78 is 2.06. The van der Waals surface area contributed by atoms with Crippen LogP contribution in [-0.2, 0) is 0 Å². The highest BCUT2D eigenvalue weighted by Crippen LogP contribution is 2.22. The number of para-hydroxylation sites is 2. The van der Waals surface area contributed by atoms with Crippen molar-refractivity contribution in [1.82, 2.24) is 9.97 Å². The molecule has 0 radical (unpaired) electrons. The molecule has 0 fully saturated rings. The zero-order chi connectivity index (χ0) is 13.5. The van der Waals surface area contributed by atoms with Gasteiger partial charge in [-0.1, -0.05) is 18.2 Å². The minimum Gasteiger partial charge on any atom is -0.357 e. The smallest absolute Gasteiger partial charge is 0.357 e. The van der Waals surface area contributed by atoms with E-state index in [2.05, 4.69) is 24.8 Å². The van der Waals surface area contributed by atoms with Crippen LogP contribution in [-0.4, -0.2) is 15.9 Å². The molecule has 6 heteroatoms. The molecule has 2 aromatic heterocycles. The summed E-state index contributed by atoms with van der Waals surface area (Å²) in [5.41, 5.74) is 8.82. The van der Waals surface area contributed by atoms with Crippen LogP contribution in [0.25, 0.3) is 11.0 Å². The molecule has 0 bridgehead atoms. The van der Waals surface area contributed by atoms with Crippen molar-refractivity contribution in [2.24, 2.45) is 10.7 Å². The molecule has 1 atom stereocenters. The standard InChI is InChI=1S/C14H12N6/c15-13-18-12(10-6-3-4-8-16-10)20-11-7-2-1-5-9(11)17-14(20)19-13/h1-8,12H,(H3,15,17,18,19)/p+1/t12-/m1/s1. The fraction of sp³-hybridized carbons (Fsp3) is 0.0714. The van der Waals surface area contributed by atoms with Crippen molar-refractivity contribution in [3.05, 3.63) is 54.4 Å². The second-order valence-corrected chi connectivity index (χ2v) is 4.63. The first-order valence-corrected chi connectivity index (χ1v) is 6.36. The maximum atomic E-state index is 5.88. The van der Waals surface area contributed by atoms with Crippen molar-refractivity contribution in [2.45, 2.75) is 6.17 Å². The van der Waals surface area contributed by atoms with Crippen LogP contribution < -0.4 is 15.6 Å². The number of H-pyrrole nitrogens is 1. The third kappa shape index (κ3) is 1.55. The highest BCUT2D eigenvalue weighted by molar-refractivity contribution is 5.92. The summed E-state index contributed by atoms with van der Waals surface area (Å²) >= 11 is 0. The van der Waals surface area contributed by atoms with Crippen LogP contribution in [0.4, 0.5) is 5.95 Å². The third-order valence-electron chi connectivity index (χ3n) is 3.36. The maximum absolute atomic E-state index is 5.88. The normalized spacial score (nSPS) is 17.4. The van der Waals surface area contributed by atoms with E-state index < -0.39 is 0 Å². The number of aromatic nitrogens is 3. The molecule has 0 saturated heterocycles. The monoisotopic (exact) mass is 265 g/mol. The van der Waals surface area contributed by atoms with Crippen molar-refractivity contribution in [1.29, 1.82) is 0 Å². The minimum atomic E-state index is -0.261. The average Bonchev–Trinajstić information content (AvgIpc) is 2.85. The van der Waals surface area contributed by atoms with E-state index in [0.717, 1.165) is 22.7 Å². The molecule has 1 aliphatic heterocycles. The Kier molecular flexibility index (Phi) is 2.23. The Bertz CT molecular complexity index is 805. The number of nitrogens with zero attached hydrogens (tertiary/aromatic N) is 3. The molecule has 20 heavy (non-hydrogen) atoms. The fourth-order valence-corrected chi connectivity index (χ4v) is 2.51. The van der Waals surface area contributed by atoms with Gasteiger partial charge in [-0.05, 0) is 24.3 Å². The first-order valence-electron chi connectivity index (χ1n) is 6.36. The molecule has 0 unspecified atom stereocenters. The van der Waals surface area contributed by atoms with Crippen molar-refractivity contribution in [2.75, 3.05) is 5.32 Å². The Hall–Kier alpha value is -2.89. The van der Waals surface area contributed by atoms with E-state index in [0.29, 0.717) is 5.96 Å². The van der Waals surface area contributed by atoms with Gasteiger partial charge in [0.1, 0.15) is 16.7 Å². The molecule has 4 N–H and O–H groups in total. The summed E-state index contributed by atoms with van der Waals surface area (Å²) in [4.78, 5) is 12.2. The summed E-state index contributed by atoms with van der Waals surface area (Å²) in [5, 5.41) is 3.06. The van der Waals surface area contributed by atoms with E-state index in [9.17, 15) is 0 Å². The maximum Gasteiger partial charge on any atom is 0.365 e. The largest absolute Gasteiger partial charge is 0.365 e. The Labute approximate surface area is 115 Å². The van der Waals surface area contributed by atoms with Crippen LogP contribution in [0.3, 0.4) is 0 Å². The summed E-state index contributed by atoms with van der Waals surface area (Å²) in [6.45, 7) is 0. The first-order chi connectivity index (χ1) is 9.83. The highest BCUT2D eigenvalue weighted by atomic mass is 15.4. The minimum absolute atomic E-state index is 0.261. The Morgan fingerprint density at radius 1 is 1.10 bits per heavy atom. The molecule has 4 rings (SSSR count). The van der Waals surface area contributed by atoms with Gasteiger partial charge in [0.25, 0.3) is 5.96 Å². The van der Waals surface area contributed by atoms with E-state index in [1.54, 1.807) is 6.20 Å². The Morgan fingerprint density at radius 2 is 1.95 bits per heavy atom.